The summed E-state index contributed by atoms with van der Waals surface area (Å²) in [4.78, 5) is 10.8. The molecule has 0 heterocycles. The van der Waals surface area contributed by atoms with Gasteiger partial charge in [-0.15, -0.1) is 0 Å². The second kappa shape index (κ2) is 2.66. The highest BCUT2D eigenvalue weighted by molar-refractivity contribution is 5.91. The van der Waals surface area contributed by atoms with Crippen molar-refractivity contribution in [2.45, 2.75) is 19.8 Å². The summed E-state index contributed by atoms with van der Waals surface area (Å²) in [5.41, 5.74) is -0.589. The highest BCUT2D eigenvalue weighted by Crippen LogP contribution is 2.33. The van der Waals surface area contributed by atoms with Crippen LogP contribution in [0.15, 0.2) is 11.8 Å². The predicted octanol–water partition coefficient (Wildman–Crippen LogP) is 0.790. The van der Waals surface area contributed by atoms with Crippen LogP contribution in [0.1, 0.15) is 19.8 Å². The Kier molecular flexibility index (Phi) is 2.00. The molecule has 0 aromatic carbocycles. The summed E-state index contributed by atoms with van der Waals surface area (Å²) in [5, 5.41) is 18.2. The Labute approximate surface area is 65.3 Å². The molecule has 3 nitrogen and oxygen atoms in total. The summed E-state index contributed by atoms with van der Waals surface area (Å²) in [5.74, 6) is -0.0512. The zero-order valence-corrected chi connectivity index (χ0v) is 6.50. The largest absolute Gasteiger partial charge is 0.512 e. The molecule has 1 aliphatic carbocycles. The van der Waals surface area contributed by atoms with E-state index in [2.05, 4.69) is 0 Å². The van der Waals surface area contributed by atoms with Crippen LogP contribution in [0.5, 0.6) is 0 Å². The molecule has 0 bridgehead atoms. The fourth-order valence-corrected chi connectivity index (χ4v) is 1.09. The monoisotopic (exact) mass is 156 g/mol. The van der Waals surface area contributed by atoms with Crippen molar-refractivity contribution in [3.05, 3.63) is 11.8 Å². The number of allylic oxidation sites excluding steroid dienone is 1. The topological polar surface area (TPSA) is 57.5 Å². The van der Waals surface area contributed by atoms with Crippen molar-refractivity contribution in [2.75, 3.05) is 6.61 Å². The average molecular weight is 156 g/mol. The van der Waals surface area contributed by atoms with Gasteiger partial charge >= 0.3 is 0 Å². The molecular formula is C8H12O3. The van der Waals surface area contributed by atoms with Crippen LogP contribution in [0, 0.1) is 5.41 Å². The standard InChI is InChI=1S/C8H12O3/c1-8(5-9)3-2-6(10)4-7(8)11/h4,9,11H,2-3,5H2,1H3. The minimum absolute atomic E-state index is 0.0104. The molecule has 11 heavy (non-hydrogen) atoms. The number of carbonyl (C=O) groups is 1. The SMILES string of the molecule is CC1(CO)CCC(=O)C=C1O. The molecule has 3 heteroatoms. The molecule has 1 aliphatic rings. The molecule has 1 unspecified atom stereocenters. The minimum atomic E-state index is -0.589. The molecule has 1 rings (SSSR count). The van der Waals surface area contributed by atoms with Crippen LogP contribution in [-0.4, -0.2) is 22.6 Å². The quantitative estimate of drug-likeness (QED) is 0.590. The third-order valence-electron chi connectivity index (χ3n) is 2.19. The Morgan fingerprint density at radius 3 is 2.82 bits per heavy atom. The molecule has 0 fully saturated rings. The van der Waals surface area contributed by atoms with Crippen LogP contribution in [0.4, 0.5) is 0 Å². The second-order valence-electron chi connectivity index (χ2n) is 3.21. The molecule has 0 radical (unpaired) electrons. The van der Waals surface area contributed by atoms with Crippen molar-refractivity contribution in [3.63, 3.8) is 0 Å². The lowest BCUT2D eigenvalue weighted by molar-refractivity contribution is -0.116. The summed E-state index contributed by atoms with van der Waals surface area (Å²) < 4.78 is 0. The lowest BCUT2D eigenvalue weighted by Gasteiger charge is -2.28. The van der Waals surface area contributed by atoms with E-state index in [4.69, 9.17) is 5.11 Å². The third kappa shape index (κ3) is 1.43. The molecule has 0 spiro atoms. The maximum Gasteiger partial charge on any atom is 0.159 e. The number of aliphatic hydroxyl groups is 2. The highest BCUT2D eigenvalue weighted by Gasteiger charge is 2.32. The first-order valence-corrected chi connectivity index (χ1v) is 3.63. The van der Waals surface area contributed by atoms with Crippen LogP contribution >= 0.6 is 0 Å². The van der Waals surface area contributed by atoms with Gasteiger partial charge in [0.1, 0.15) is 5.76 Å². The van der Waals surface area contributed by atoms with E-state index >= 15 is 0 Å². The van der Waals surface area contributed by atoms with Crippen LogP contribution in [-0.2, 0) is 4.79 Å². The summed E-state index contributed by atoms with van der Waals surface area (Å²) in [7, 11) is 0. The normalized spacial score (nSPS) is 31.8. The van der Waals surface area contributed by atoms with Gasteiger partial charge in [0.25, 0.3) is 0 Å². The molecule has 0 aliphatic heterocycles. The van der Waals surface area contributed by atoms with Crippen molar-refractivity contribution >= 4 is 5.78 Å². The van der Waals surface area contributed by atoms with Crippen LogP contribution in [0.2, 0.25) is 0 Å². The fraction of sp³-hybridized carbons (Fsp3) is 0.625. The first kappa shape index (κ1) is 8.27. The molecular weight excluding hydrogens is 144 g/mol. The zero-order chi connectivity index (χ0) is 8.48. The first-order valence-electron chi connectivity index (χ1n) is 3.63. The van der Waals surface area contributed by atoms with Crippen LogP contribution < -0.4 is 0 Å². The highest BCUT2D eigenvalue weighted by atomic mass is 16.3. The zero-order valence-electron chi connectivity index (χ0n) is 6.50. The number of aliphatic hydroxyl groups excluding tert-OH is 2. The van der Waals surface area contributed by atoms with Gasteiger partial charge in [0.2, 0.25) is 0 Å². The Hall–Kier alpha value is -0.830. The Morgan fingerprint density at radius 1 is 1.73 bits per heavy atom. The van der Waals surface area contributed by atoms with Crippen LogP contribution in [0.25, 0.3) is 0 Å². The fourth-order valence-electron chi connectivity index (χ4n) is 1.09. The second-order valence-corrected chi connectivity index (χ2v) is 3.21. The summed E-state index contributed by atoms with van der Waals surface area (Å²) in [6.45, 7) is 1.63. The Morgan fingerprint density at radius 2 is 2.36 bits per heavy atom. The lowest BCUT2D eigenvalue weighted by Crippen LogP contribution is -2.28. The maximum absolute atomic E-state index is 10.8. The van der Waals surface area contributed by atoms with Gasteiger partial charge in [0.05, 0.1) is 6.61 Å². The summed E-state index contributed by atoms with van der Waals surface area (Å²) >= 11 is 0. The van der Waals surface area contributed by atoms with Crippen molar-refractivity contribution in [1.29, 1.82) is 0 Å². The van der Waals surface area contributed by atoms with E-state index in [1.54, 1.807) is 6.92 Å². The number of carbonyl (C=O) groups excluding carboxylic acids is 1. The van der Waals surface area contributed by atoms with Gasteiger partial charge in [-0.2, -0.15) is 0 Å². The van der Waals surface area contributed by atoms with E-state index in [0.717, 1.165) is 0 Å². The Bertz CT molecular complexity index is 207. The predicted molar refractivity (Wildman–Crippen MR) is 40.1 cm³/mol. The van der Waals surface area contributed by atoms with Gasteiger partial charge in [-0.3, -0.25) is 4.79 Å². The molecule has 0 aromatic heterocycles. The van der Waals surface area contributed by atoms with E-state index < -0.39 is 5.41 Å². The maximum atomic E-state index is 10.8. The van der Waals surface area contributed by atoms with Gasteiger partial charge < -0.3 is 10.2 Å². The molecule has 0 saturated heterocycles. The van der Waals surface area contributed by atoms with Gasteiger partial charge in [-0.05, 0) is 6.42 Å². The van der Waals surface area contributed by atoms with Crippen molar-refractivity contribution < 1.29 is 15.0 Å². The van der Waals surface area contributed by atoms with Crippen molar-refractivity contribution in [2.24, 2.45) is 5.41 Å². The number of ketones is 1. The van der Waals surface area contributed by atoms with Crippen molar-refractivity contribution in [1.82, 2.24) is 0 Å². The molecule has 1 atom stereocenters. The lowest BCUT2D eigenvalue weighted by atomic mass is 9.79. The number of hydrogen-bond acceptors (Lipinski definition) is 3. The smallest absolute Gasteiger partial charge is 0.159 e. The van der Waals surface area contributed by atoms with Gasteiger partial charge in [0, 0.05) is 17.9 Å². The molecule has 0 amide bonds. The van der Waals surface area contributed by atoms with E-state index in [1.165, 1.54) is 6.08 Å². The summed E-state index contributed by atoms with van der Waals surface area (Å²) in [6.07, 6.45) is 2.16. The summed E-state index contributed by atoms with van der Waals surface area (Å²) in [6, 6.07) is 0. The van der Waals surface area contributed by atoms with Crippen LogP contribution in [0.3, 0.4) is 0 Å². The average Bonchev–Trinajstić information content (AvgIpc) is 1.98. The van der Waals surface area contributed by atoms with E-state index in [0.29, 0.717) is 12.8 Å². The van der Waals surface area contributed by atoms with Crippen molar-refractivity contribution in [3.8, 4) is 0 Å². The minimum Gasteiger partial charge on any atom is -0.512 e. The molecule has 0 saturated carbocycles. The Balaban J connectivity index is 2.87. The van der Waals surface area contributed by atoms with E-state index in [9.17, 15) is 9.90 Å². The van der Waals surface area contributed by atoms with E-state index in [-0.39, 0.29) is 18.1 Å². The van der Waals surface area contributed by atoms with E-state index in [1.807, 2.05) is 0 Å². The number of hydrogen-bond donors (Lipinski definition) is 2. The molecule has 2 N–H and O–H groups in total. The van der Waals surface area contributed by atoms with Gasteiger partial charge in [0.15, 0.2) is 5.78 Å². The first-order chi connectivity index (χ1) is 5.08. The van der Waals surface area contributed by atoms with Gasteiger partial charge in [-0.25, -0.2) is 0 Å². The van der Waals surface area contributed by atoms with Gasteiger partial charge in [-0.1, -0.05) is 6.92 Å². The third-order valence-corrected chi connectivity index (χ3v) is 2.19. The number of rotatable bonds is 1. The molecule has 62 valence electrons. The molecule has 0 aromatic rings.